The molecule has 0 amide bonds. The molecule has 7 heteroatoms. The van der Waals surface area contributed by atoms with Crippen LogP contribution in [0.2, 0.25) is 5.02 Å². The molecule has 4 rings (SSSR count). The van der Waals surface area contributed by atoms with Crippen LogP contribution in [0.3, 0.4) is 0 Å². The second kappa shape index (κ2) is 6.11. The van der Waals surface area contributed by atoms with E-state index in [4.69, 9.17) is 25.8 Å². The molecule has 126 valence electrons. The molecule has 2 aliphatic rings. The maximum atomic E-state index is 9.59. The second-order valence-corrected chi connectivity index (χ2v) is 5.98. The van der Waals surface area contributed by atoms with Crippen molar-refractivity contribution < 1.29 is 14.2 Å². The molecule has 6 nitrogen and oxygen atoms in total. The number of benzene rings is 2. The molecule has 0 saturated heterocycles. The number of nitrogens with zero attached hydrogens (tertiary/aromatic N) is 1. The molecule has 25 heavy (non-hydrogen) atoms. The number of hydrogen-bond donors (Lipinski definition) is 2. The van der Waals surface area contributed by atoms with E-state index in [1.165, 1.54) is 0 Å². The van der Waals surface area contributed by atoms with E-state index in [9.17, 15) is 5.26 Å². The van der Waals surface area contributed by atoms with Gasteiger partial charge >= 0.3 is 0 Å². The quantitative estimate of drug-likeness (QED) is 0.814. The summed E-state index contributed by atoms with van der Waals surface area (Å²) in [5.41, 5.74) is 2.97. The minimum absolute atomic E-state index is 0.173. The van der Waals surface area contributed by atoms with Crippen molar-refractivity contribution in [3.63, 3.8) is 0 Å². The Morgan fingerprint density at radius 3 is 2.76 bits per heavy atom. The van der Waals surface area contributed by atoms with Gasteiger partial charge in [0.15, 0.2) is 11.5 Å². The Hall–Kier alpha value is -3.04. The minimum Gasteiger partial charge on any atom is -0.497 e. The first-order chi connectivity index (χ1) is 12.2. The van der Waals surface area contributed by atoms with Gasteiger partial charge in [-0.1, -0.05) is 11.6 Å². The maximum absolute atomic E-state index is 9.59. The Balaban J connectivity index is 1.64. The molecule has 0 radical (unpaired) electrons. The number of anilines is 2. The molecular weight excluding hydrogens is 342 g/mol. The Morgan fingerprint density at radius 2 is 2.00 bits per heavy atom. The largest absolute Gasteiger partial charge is 0.497 e. The van der Waals surface area contributed by atoms with Gasteiger partial charge in [0.05, 0.1) is 35.1 Å². The van der Waals surface area contributed by atoms with Crippen LogP contribution in [0, 0.1) is 11.3 Å². The molecule has 0 bridgehead atoms. The van der Waals surface area contributed by atoms with Crippen LogP contribution < -0.4 is 24.8 Å². The molecule has 2 aliphatic heterocycles. The molecule has 2 aromatic carbocycles. The van der Waals surface area contributed by atoms with E-state index in [2.05, 4.69) is 16.7 Å². The summed E-state index contributed by atoms with van der Waals surface area (Å²) >= 11 is 6.30. The van der Waals surface area contributed by atoms with Crippen molar-refractivity contribution >= 4 is 29.1 Å². The van der Waals surface area contributed by atoms with E-state index in [1.54, 1.807) is 25.3 Å². The standard InChI is InChI=1S/C18H14ClN3O3/c1-23-12-2-3-14-15(6-12)22-18(21-14)11(8-20)4-10-5-16-17(7-13(10)19)25-9-24-16/h2-7,18,21-22H,9H2,1H3/b11-4-. The average Bonchev–Trinajstić information content (AvgIpc) is 3.24. The van der Waals surface area contributed by atoms with Gasteiger partial charge in [-0.25, -0.2) is 0 Å². The second-order valence-electron chi connectivity index (χ2n) is 5.57. The normalized spacial score (nSPS) is 17.3. The lowest BCUT2D eigenvalue weighted by molar-refractivity contribution is 0.174. The van der Waals surface area contributed by atoms with Gasteiger partial charge in [0.2, 0.25) is 6.79 Å². The maximum Gasteiger partial charge on any atom is 0.231 e. The summed E-state index contributed by atoms with van der Waals surface area (Å²) in [5, 5.41) is 16.6. The monoisotopic (exact) mass is 355 g/mol. The van der Waals surface area contributed by atoms with Crippen LogP contribution in [0.1, 0.15) is 5.56 Å². The summed E-state index contributed by atoms with van der Waals surface area (Å²) in [5.74, 6) is 1.97. The van der Waals surface area contributed by atoms with Crippen molar-refractivity contribution in [1.82, 2.24) is 0 Å². The SMILES string of the molecule is COc1ccc2c(c1)NC(/C(C#N)=C\c1cc3c(cc1Cl)OCO3)N2. The van der Waals surface area contributed by atoms with Crippen LogP contribution in [0.15, 0.2) is 35.9 Å². The lowest BCUT2D eigenvalue weighted by Gasteiger charge is -2.11. The van der Waals surface area contributed by atoms with Crippen LogP contribution in [0.5, 0.6) is 17.2 Å². The smallest absolute Gasteiger partial charge is 0.231 e. The fourth-order valence-electron chi connectivity index (χ4n) is 2.79. The summed E-state index contributed by atoms with van der Waals surface area (Å²) in [6.45, 7) is 0.173. The Labute approximate surface area is 149 Å². The van der Waals surface area contributed by atoms with Crippen molar-refractivity contribution in [3.05, 3.63) is 46.5 Å². The highest BCUT2D eigenvalue weighted by atomic mass is 35.5. The van der Waals surface area contributed by atoms with Gasteiger partial charge in [-0.05, 0) is 29.8 Å². The van der Waals surface area contributed by atoms with Crippen LogP contribution in [-0.2, 0) is 0 Å². The van der Waals surface area contributed by atoms with Crippen LogP contribution in [-0.4, -0.2) is 20.1 Å². The third-order valence-electron chi connectivity index (χ3n) is 4.07. The topological polar surface area (TPSA) is 75.5 Å². The van der Waals surface area contributed by atoms with E-state index in [0.29, 0.717) is 27.7 Å². The highest BCUT2D eigenvalue weighted by molar-refractivity contribution is 6.32. The molecule has 1 unspecified atom stereocenters. The van der Waals surface area contributed by atoms with Crippen molar-refractivity contribution in [2.24, 2.45) is 0 Å². The van der Waals surface area contributed by atoms with E-state index >= 15 is 0 Å². The van der Waals surface area contributed by atoms with E-state index < -0.39 is 0 Å². The van der Waals surface area contributed by atoms with Crippen LogP contribution in [0.4, 0.5) is 11.4 Å². The van der Waals surface area contributed by atoms with Gasteiger partial charge in [-0.2, -0.15) is 5.26 Å². The lowest BCUT2D eigenvalue weighted by Crippen LogP contribution is -2.23. The molecule has 0 fully saturated rings. The lowest BCUT2D eigenvalue weighted by atomic mass is 10.1. The first-order valence-electron chi connectivity index (χ1n) is 7.60. The molecule has 0 saturated carbocycles. The molecule has 2 heterocycles. The molecule has 0 aromatic heterocycles. The number of nitrogens with one attached hydrogen (secondary N) is 2. The van der Waals surface area contributed by atoms with Crippen molar-refractivity contribution in [2.75, 3.05) is 24.5 Å². The van der Waals surface area contributed by atoms with Gasteiger partial charge < -0.3 is 24.8 Å². The van der Waals surface area contributed by atoms with Crippen LogP contribution in [0.25, 0.3) is 6.08 Å². The predicted molar refractivity (Wildman–Crippen MR) is 95.2 cm³/mol. The number of fused-ring (bicyclic) bond motifs is 2. The number of methoxy groups -OCH3 is 1. The summed E-state index contributed by atoms with van der Waals surface area (Å²) in [6, 6.07) is 11.3. The minimum atomic E-state index is -0.353. The third kappa shape index (κ3) is 2.79. The van der Waals surface area contributed by atoms with Crippen molar-refractivity contribution in [2.45, 2.75) is 6.17 Å². The average molecular weight is 356 g/mol. The molecule has 2 N–H and O–H groups in total. The first-order valence-corrected chi connectivity index (χ1v) is 7.97. The summed E-state index contributed by atoms with van der Waals surface area (Å²) < 4.78 is 15.9. The zero-order chi connectivity index (χ0) is 17.4. The van der Waals surface area contributed by atoms with E-state index in [1.807, 2.05) is 18.2 Å². The number of rotatable bonds is 3. The van der Waals surface area contributed by atoms with E-state index in [0.717, 1.165) is 17.1 Å². The van der Waals surface area contributed by atoms with Gasteiger partial charge in [-0.15, -0.1) is 0 Å². The van der Waals surface area contributed by atoms with Crippen LogP contribution >= 0.6 is 11.6 Å². The van der Waals surface area contributed by atoms with Gasteiger partial charge in [0, 0.05) is 12.1 Å². The fraction of sp³-hybridized carbons (Fsp3) is 0.167. The molecule has 0 spiro atoms. The zero-order valence-electron chi connectivity index (χ0n) is 13.3. The Morgan fingerprint density at radius 1 is 1.24 bits per heavy atom. The van der Waals surface area contributed by atoms with Gasteiger partial charge in [0.1, 0.15) is 11.9 Å². The molecule has 1 atom stereocenters. The molecule has 0 aliphatic carbocycles. The summed E-state index contributed by atoms with van der Waals surface area (Å²) in [4.78, 5) is 0. The third-order valence-corrected chi connectivity index (χ3v) is 4.40. The molecule has 2 aromatic rings. The van der Waals surface area contributed by atoms with Gasteiger partial charge in [0.25, 0.3) is 0 Å². The molecular formula is C18H14ClN3O3. The number of nitriles is 1. The summed E-state index contributed by atoms with van der Waals surface area (Å²) in [7, 11) is 1.61. The number of ether oxygens (including phenoxy) is 3. The Kier molecular flexibility index (Phi) is 3.79. The number of halogens is 1. The van der Waals surface area contributed by atoms with E-state index in [-0.39, 0.29) is 13.0 Å². The highest BCUT2D eigenvalue weighted by Gasteiger charge is 2.24. The van der Waals surface area contributed by atoms with Gasteiger partial charge in [-0.3, -0.25) is 0 Å². The highest BCUT2D eigenvalue weighted by Crippen LogP contribution is 2.39. The Bertz CT molecular complexity index is 921. The fourth-order valence-corrected chi connectivity index (χ4v) is 3.00. The zero-order valence-corrected chi connectivity index (χ0v) is 14.1. The predicted octanol–water partition coefficient (Wildman–Crippen LogP) is 3.85. The first kappa shape index (κ1) is 15.5. The van der Waals surface area contributed by atoms with Crippen molar-refractivity contribution in [1.29, 1.82) is 5.26 Å². The van der Waals surface area contributed by atoms with Crippen molar-refractivity contribution in [3.8, 4) is 23.3 Å². The number of hydrogen-bond acceptors (Lipinski definition) is 6. The summed E-state index contributed by atoms with van der Waals surface area (Å²) in [6.07, 6.45) is 1.38.